The molecule has 0 aliphatic rings. The molecule has 0 fully saturated rings. The van der Waals surface area contributed by atoms with Gasteiger partial charge in [0.15, 0.2) is 0 Å². The van der Waals surface area contributed by atoms with Crippen LogP contribution < -0.4 is 5.32 Å². The van der Waals surface area contributed by atoms with Crippen LogP contribution in [0.1, 0.15) is 46.2 Å². The average molecular weight is 269 g/mol. The van der Waals surface area contributed by atoms with Gasteiger partial charge in [-0.15, -0.1) is 0 Å². The van der Waals surface area contributed by atoms with Gasteiger partial charge in [0.1, 0.15) is 11.6 Å². The Hall–Kier alpha value is -0.960. The highest BCUT2D eigenvalue weighted by Crippen LogP contribution is 2.23. The van der Waals surface area contributed by atoms with Crippen LogP contribution in [0.2, 0.25) is 0 Å². The third-order valence-corrected chi connectivity index (χ3v) is 3.81. The molecule has 0 radical (unpaired) electrons. The second-order valence-electron chi connectivity index (χ2n) is 5.92. The van der Waals surface area contributed by atoms with Crippen molar-refractivity contribution in [1.29, 1.82) is 0 Å². The second kappa shape index (κ2) is 6.99. The summed E-state index contributed by atoms with van der Waals surface area (Å²) in [5, 5.41) is 3.26. The standard InChI is InChI=1S/C16H25F2N/c1-10(2)13(11(3)4)9-19-12(5)16-14(17)7-6-8-15(16)18/h6-8,10-13,19H,9H2,1-5H3. The summed E-state index contributed by atoms with van der Waals surface area (Å²) >= 11 is 0. The zero-order valence-corrected chi connectivity index (χ0v) is 12.5. The maximum Gasteiger partial charge on any atom is 0.130 e. The van der Waals surface area contributed by atoms with Crippen LogP contribution in [0, 0.1) is 29.4 Å². The van der Waals surface area contributed by atoms with E-state index in [0.29, 0.717) is 17.8 Å². The number of benzene rings is 1. The van der Waals surface area contributed by atoms with E-state index in [9.17, 15) is 8.78 Å². The van der Waals surface area contributed by atoms with Gasteiger partial charge in [-0.1, -0.05) is 33.8 Å². The first-order valence-corrected chi connectivity index (χ1v) is 7.01. The number of nitrogens with one attached hydrogen (secondary N) is 1. The van der Waals surface area contributed by atoms with Gasteiger partial charge >= 0.3 is 0 Å². The molecular formula is C16H25F2N. The first kappa shape index (κ1) is 16.1. The van der Waals surface area contributed by atoms with Crippen LogP contribution in [-0.2, 0) is 0 Å². The molecule has 0 amide bonds. The molecule has 19 heavy (non-hydrogen) atoms. The Morgan fingerprint density at radius 2 is 1.42 bits per heavy atom. The van der Waals surface area contributed by atoms with E-state index < -0.39 is 11.6 Å². The van der Waals surface area contributed by atoms with Crippen LogP contribution >= 0.6 is 0 Å². The van der Waals surface area contributed by atoms with E-state index >= 15 is 0 Å². The first-order valence-electron chi connectivity index (χ1n) is 7.01. The molecule has 1 aromatic carbocycles. The Balaban J connectivity index is 2.72. The molecule has 0 bridgehead atoms. The zero-order chi connectivity index (χ0) is 14.6. The predicted molar refractivity (Wildman–Crippen MR) is 75.9 cm³/mol. The normalized spacial score (nSPS) is 13.6. The average Bonchev–Trinajstić information content (AvgIpc) is 2.27. The minimum absolute atomic E-state index is 0.133. The van der Waals surface area contributed by atoms with Gasteiger partial charge < -0.3 is 5.32 Å². The third-order valence-electron chi connectivity index (χ3n) is 3.81. The van der Waals surface area contributed by atoms with Crippen molar-refractivity contribution in [1.82, 2.24) is 5.32 Å². The van der Waals surface area contributed by atoms with Crippen LogP contribution in [0.3, 0.4) is 0 Å². The molecule has 1 unspecified atom stereocenters. The monoisotopic (exact) mass is 269 g/mol. The minimum Gasteiger partial charge on any atom is -0.310 e. The van der Waals surface area contributed by atoms with Crippen LogP contribution in [0.5, 0.6) is 0 Å². The smallest absolute Gasteiger partial charge is 0.130 e. The maximum atomic E-state index is 13.7. The molecule has 0 spiro atoms. The third kappa shape index (κ3) is 4.27. The zero-order valence-electron chi connectivity index (χ0n) is 12.5. The second-order valence-corrected chi connectivity index (χ2v) is 5.92. The largest absolute Gasteiger partial charge is 0.310 e. The quantitative estimate of drug-likeness (QED) is 0.799. The lowest BCUT2D eigenvalue weighted by Crippen LogP contribution is -2.32. The molecule has 1 N–H and O–H groups in total. The van der Waals surface area contributed by atoms with E-state index in [-0.39, 0.29) is 11.6 Å². The highest BCUT2D eigenvalue weighted by atomic mass is 19.1. The maximum absolute atomic E-state index is 13.7. The van der Waals surface area contributed by atoms with Crippen molar-refractivity contribution in [2.24, 2.45) is 17.8 Å². The van der Waals surface area contributed by atoms with Crippen molar-refractivity contribution < 1.29 is 8.78 Å². The molecule has 0 aliphatic carbocycles. The molecule has 0 saturated carbocycles. The van der Waals surface area contributed by atoms with E-state index in [0.717, 1.165) is 6.54 Å². The molecule has 1 aromatic rings. The lowest BCUT2D eigenvalue weighted by Gasteiger charge is -2.27. The van der Waals surface area contributed by atoms with E-state index in [1.165, 1.54) is 18.2 Å². The van der Waals surface area contributed by atoms with E-state index in [2.05, 4.69) is 33.0 Å². The molecule has 1 rings (SSSR count). The summed E-state index contributed by atoms with van der Waals surface area (Å²) in [5.41, 5.74) is 0.133. The Morgan fingerprint density at radius 1 is 0.947 bits per heavy atom. The number of halogens is 2. The molecule has 0 aliphatic heterocycles. The number of hydrogen-bond donors (Lipinski definition) is 1. The van der Waals surface area contributed by atoms with Gasteiger partial charge in [0.25, 0.3) is 0 Å². The summed E-state index contributed by atoms with van der Waals surface area (Å²) in [6.07, 6.45) is 0. The summed E-state index contributed by atoms with van der Waals surface area (Å²) in [6, 6.07) is 3.69. The van der Waals surface area contributed by atoms with Crippen LogP contribution in [0.25, 0.3) is 0 Å². The van der Waals surface area contributed by atoms with Crippen molar-refractivity contribution in [2.75, 3.05) is 6.54 Å². The molecule has 1 nitrogen and oxygen atoms in total. The number of hydrogen-bond acceptors (Lipinski definition) is 1. The van der Waals surface area contributed by atoms with Crippen molar-refractivity contribution >= 4 is 0 Å². The molecule has 0 aromatic heterocycles. The highest BCUT2D eigenvalue weighted by Gasteiger charge is 2.20. The van der Waals surface area contributed by atoms with Crippen molar-refractivity contribution in [3.63, 3.8) is 0 Å². The molecule has 3 heteroatoms. The lowest BCUT2D eigenvalue weighted by molar-refractivity contribution is 0.266. The molecular weight excluding hydrogens is 244 g/mol. The fraction of sp³-hybridized carbons (Fsp3) is 0.625. The summed E-state index contributed by atoms with van der Waals surface area (Å²) in [5.74, 6) is 0.629. The molecule has 1 atom stereocenters. The summed E-state index contributed by atoms with van der Waals surface area (Å²) < 4.78 is 27.3. The van der Waals surface area contributed by atoms with Gasteiger partial charge in [0.05, 0.1) is 0 Å². The Labute approximate surface area is 115 Å². The fourth-order valence-corrected chi connectivity index (χ4v) is 2.58. The lowest BCUT2D eigenvalue weighted by atomic mass is 9.85. The van der Waals surface area contributed by atoms with Gasteiger partial charge in [-0.3, -0.25) is 0 Å². The van der Waals surface area contributed by atoms with Gasteiger partial charge in [-0.05, 0) is 43.4 Å². The predicted octanol–water partition coefficient (Wildman–Crippen LogP) is 4.54. The summed E-state index contributed by atoms with van der Waals surface area (Å²) in [7, 11) is 0. The number of rotatable bonds is 6. The minimum atomic E-state index is -0.481. The van der Waals surface area contributed by atoms with E-state index in [1.54, 1.807) is 6.92 Å². The summed E-state index contributed by atoms with van der Waals surface area (Å²) in [4.78, 5) is 0. The SMILES string of the molecule is CC(NCC(C(C)C)C(C)C)c1c(F)cccc1F. The van der Waals surface area contributed by atoms with Gasteiger partial charge in [0, 0.05) is 11.6 Å². The molecule has 108 valence electrons. The Morgan fingerprint density at radius 3 is 1.84 bits per heavy atom. The fourth-order valence-electron chi connectivity index (χ4n) is 2.58. The van der Waals surface area contributed by atoms with Crippen LogP contribution in [0.4, 0.5) is 8.78 Å². The van der Waals surface area contributed by atoms with Crippen molar-refractivity contribution in [3.8, 4) is 0 Å². The molecule has 0 saturated heterocycles. The van der Waals surface area contributed by atoms with Crippen LogP contribution in [-0.4, -0.2) is 6.54 Å². The highest BCUT2D eigenvalue weighted by molar-refractivity contribution is 5.22. The summed E-state index contributed by atoms with van der Waals surface area (Å²) in [6.45, 7) is 11.3. The van der Waals surface area contributed by atoms with Crippen molar-refractivity contribution in [3.05, 3.63) is 35.4 Å². The van der Waals surface area contributed by atoms with E-state index in [1.807, 2.05) is 0 Å². The van der Waals surface area contributed by atoms with Crippen molar-refractivity contribution in [2.45, 2.75) is 40.7 Å². The topological polar surface area (TPSA) is 12.0 Å². The Bertz CT molecular complexity index is 373. The van der Waals surface area contributed by atoms with Gasteiger partial charge in [0.2, 0.25) is 0 Å². The van der Waals surface area contributed by atoms with Crippen LogP contribution in [0.15, 0.2) is 18.2 Å². The van der Waals surface area contributed by atoms with Gasteiger partial charge in [-0.25, -0.2) is 8.78 Å². The van der Waals surface area contributed by atoms with E-state index in [4.69, 9.17) is 0 Å². The Kier molecular flexibility index (Phi) is 5.92. The van der Waals surface area contributed by atoms with Gasteiger partial charge in [-0.2, -0.15) is 0 Å². The first-order chi connectivity index (χ1) is 8.84. The molecule has 0 heterocycles.